The second-order valence-electron chi connectivity index (χ2n) is 3.75. The topological polar surface area (TPSA) is 15.3 Å². The molecular formula is C11H24N2. The van der Waals surface area contributed by atoms with Crippen molar-refractivity contribution in [2.24, 2.45) is 0 Å². The van der Waals surface area contributed by atoms with Crippen molar-refractivity contribution in [3.8, 4) is 0 Å². The van der Waals surface area contributed by atoms with Gasteiger partial charge in [-0.3, -0.25) is 0 Å². The number of likely N-dealkylation sites (N-methyl/N-ethyl adjacent to an activating group) is 1. The van der Waals surface area contributed by atoms with Crippen molar-refractivity contribution in [2.45, 2.75) is 32.7 Å². The number of hydrogen-bond donors (Lipinski definition) is 1. The maximum absolute atomic E-state index is 3.29. The summed E-state index contributed by atoms with van der Waals surface area (Å²) in [7, 11) is 6.26. The molecule has 1 unspecified atom stereocenters. The highest BCUT2D eigenvalue weighted by atomic mass is 15.0. The minimum Gasteiger partial charge on any atom is -0.314 e. The first-order valence-corrected chi connectivity index (χ1v) is 5.12. The van der Waals surface area contributed by atoms with Gasteiger partial charge in [0.15, 0.2) is 0 Å². The molecule has 0 aliphatic heterocycles. The molecule has 2 nitrogen and oxygen atoms in total. The lowest BCUT2D eigenvalue weighted by Gasteiger charge is -2.17. The number of nitrogens with one attached hydrogen (secondary N) is 1. The van der Waals surface area contributed by atoms with Gasteiger partial charge in [0.1, 0.15) is 0 Å². The van der Waals surface area contributed by atoms with E-state index >= 15 is 0 Å². The standard InChI is InChI=1S/C11H24N2/c1-6-7-11(10(2)12-3)8-9-13(4)5/h7,10,12H,6,8-9H2,1-5H3/b11-7+. The average Bonchev–Trinajstić information content (AvgIpc) is 2.10. The van der Waals surface area contributed by atoms with Crippen LogP contribution in [0, 0.1) is 0 Å². The van der Waals surface area contributed by atoms with Crippen LogP contribution in [0.3, 0.4) is 0 Å². The zero-order valence-electron chi connectivity index (χ0n) is 9.72. The van der Waals surface area contributed by atoms with E-state index in [0.717, 1.165) is 13.0 Å². The van der Waals surface area contributed by atoms with Crippen molar-refractivity contribution < 1.29 is 0 Å². The highest BCUT2D eigenvalue weighted by molar-refractivity contribution is 5.09. The van der Waals surface area contributed by atoms with Crippen LogP contribution in [0.4, 0.5) is 0 Å². The van der Waals surface area contributed by atoms with Crippen molar-refractivity contribution >= 4 is 0 Å². The second kappa shape index (κ2) is 7.10. The first kappa shape index (κ1) is 12.7. The van der Waals surface area contributed by atoms with E-state index in [1.54, 1.807) is 0 Å². The fourth-order valence-electron chi connectivity index (χ4n) is 1.30. The van der Waals surface area contributed by atoms with Crippen molar-refractivity contribution in [3.63, 3.8) is 0 Å². The summed E-state index contributed by atoms with van der Waals surface area (Å²) in [5.74, 6) is 0. The Morgan fingerprint density at radius 1 is 1.46 bits per heavy atom. The van der Waals surface area contributed by atoms with Crippen LogP contribution in [0.1, 0.15) is 26.7 Å². The summed E-state index contributed by atoms with van der Waals surface area (Å²) in [6.07, 6.45) is 4.64. The molecule has 0 aromatic carbocycles. The van der Waals surface area contributed by atoms with Gasteiger partial charge in [-0.1, -0.05) is 18.6 Å². The van der Waals surface area contributed by atoms with Crippen LogP contribution in [0.2, 0.25) is 0 Å². The van der Waals surface area contributed by atoms with Gasteiger partial charge in [0, 0.05) is 12.6 Å². The number of nitrogens with zero attached hydrogens (tertiary/aromatic N) is 1. The number of rotatable bonds is 6. The molecule has 0 radical (unpaired) electrons. The fraction of sp³-hybridized carbons (Fsp3) is 0.818. The van der Waals surface area contributed by atoms with Crippen molar-refractivity contribution in [3.05, 3.63) is 11.6 Å². The van der Waals surface area contributed by atoms with Crippen molar-refractivity contribution in [1.29, 1.82) is 0 Å². The lowest BCUT2D eigenvalue weighted by Crippen LogP contribution is -2.26. The average molecular weight is 184 g/mol. The van der Waals surface area contributed by atoms with E-state index in [0.29, 0.717) is 6.04 Å². The molecule has 0 aliphatic rings. The van der Waals surface area contributed by atoms with E-state index in [4.69, 9.17) is 0 Å². The van der Waals surface area contributed by atoms with Crippen LogP contribution < -0.4 is 5.32 Å². The van der Waals surface area contributed by atoms with Gasteiger partial charge in [-0.15, -0.1) is 0 Å². The van der Waals surface area contributed by atoms with Gasteiger partial charge in [0.05, 0.1) is 0 Å². The van der Waals surface area contributed by atoms with Crippen LogP contribution in [-0.4, -0.2) is 38.6 Å². The van der Waals surface area contributed by atoms with E-state index in [-0.39, 0.29) is 0 Å². The molecule has 1 N–H and O–H groups in total. The molecule has 0 fully saturated rings. The Balaban J connectivity index is 4.03. The van der Waals surface area contributed by atoms with Crippen molar-refractivity contribution in [1.82, 2.24) is 10.2 Å². The van der Waals surface area contributed by atoms with Gasteiger partial charge in [0.25, 0.3) is 0 Å². The molecule has 0 saturated carbocycles. The third-order valence-electron chi connectivity index (χ3n) is 2.30. The number of hydrogen-bond acceptors (Lipinski definition) is 2. The Bertz CT molecular complexity index is 150. The van der Waals surface area contributed by atoms with E-state index < -0.39 is 0 Å². The Hall–Kier alpha value is -0.340. The molecule has 13 heavy (non-hydrogen) atoms. The van der Waals surface area contributed by atoms with Gasteiger partial charge in [-0.25, -0.2) is 0 Å². The molecule has 0 rings (SSSR count). The molecule has 0 bridgehead atoms. The van der Waals surface area contributed by atoms with Crippen LogP contribution in [0.25, 0.3) is 0 Å². The van der Waals surface area contributed by atoms with Crippen LogP contribution in [0.5, 0.6) is 0 Å². The van der Waals surface area contributed by atoms with Crippen LogP contribution in [-0.2, 0) is 0 Å². The second-order valence-corrected chi connectivity index (χ2v) is 3.75. The molecule has 0 amide bonds. The van der Waals surface area contributed by atoms with Crippen molar-refractivity contribution in [2.75, 3.05) is 27.7 Å². The predicted molar refractivity (Wildman–Crippen MR) is 60.1 cm³/mol. The monoisotopic (exact) mass is 184 g/mol. The molecule has 2 heteroatoms. The largest absolute Gasteiger partial charge is 0.314 e. The maximum atomic E-state index is 3.29. The first-order valence-electron chi connectivity index (χ1n) is 5.12. The summed E-state index contributed by atoms with van der Waals surface area (Å²) in [5.41, 5.74) is 1.53. The molecule has 0 aromatic rings. The minimum absolute atomic E-state index is 0.514. The highest BCUT2D eigenvalue weighted by Gasteiger charge is 2.05. The Morgan fingerprint density at radius 3 is 2.46 bits per heavy atom. The van der Waals surface area contributed by atoms with Gasteiger partial charge in [-0.05, 0) is 40.9 Å². The summed E-state index contributed by atoms with van der Waals surface area (Å²) in [4.78, 5) is 2.23. The molecule has 0 spiro atoms. The molecular weight excluding hydrogens is 160 g/mol. The van der Waals surface area contributed by atoms with Gasteiger partial charge >= 0.3 is 0 Å². The highest BCUT2D eigenvalue weighted by Crippen LogP contribution is 2.08. The zero-order chi connectivity index (χ0) is 10.3. The Kier molecular flexibility index (Phi) is 6.92. The molecule has 0 saturated heterocycles. The summed E-state index contributed by atoms with van der Waals surface area (Å²) in [6.45, 7) is 5.55. The van der Waals surface area contributed by atoms with E-state index in [1.807, 2.05) is 7.05 Å². The maximum Gasteiger partial charge on any atom is 0.0248 e. The molecule has 0 aromatic heterocycles. The van der Waals surface area contributed by atoms with E-state index in [2.05, 4.69) is 44.2 Å². The van der Waals surface area contributed by atoms with E-state index in [9.17, 15) is 0 Å². The quantitative estimate of drug-likeness (QED) is 0.634. The SMILES string of the molecule is CC/C=C(\CCN(C)C)C(C)NC. The molecule has 1 atom stereocenters. The zero-order valence-corrected chi connectivity index (χ0v) is 9.72. The van der Waals surface area contributed by atoms with Gasteiger partial charge in [-0.2, -0.15) is 0 Å². The summed E-state index contributed by atoms with van der Waals surface area (Å²) in [5, 5.41) is 3.29. The third-order valence-corrected chi connectivity index (χ3v) is 2.30. The van der Waals surface area contributed by atoms with Crippen LogP contribution in [0.15, 0.2) is 11.6 Å². The summed E-state index contributed by atoms with van der Waals surface area (Å²) < 4.78 is 0. The lowest BCUT2D eigenvalue weighted by atomic mass is 10.0. The Labute approximate surface area is 83.0 Å². The summed E-state index contributed by atoms with van der Waals surface area (Å²) in [6, 6.07) is 0.514. The van der Waals surface area contributed by atoms with Crippen LogP contribution >= 0.6 is 0 Å². The molecule has 0 aliphatic carbocycles. The van der Waals surface area contributed by atoms with E-state index in [1.165, 1.54) is 12.0 Å². The summed E-state index contributed by atoms with van der Waals surface area (Å²) >= 11 is 0. The predicted octanol–water partition coefficient (Wildman–Crippen LogP) is 1.88. The normalized spacial score (nSPS) is 15.1. The van der Waals surface area contributed by atoms with Gasteiger partial charge in [0.2, 0.25) is 0 Å². The molecule has 78 valence electrons. The first-order chi connectivity index (χ1) is 6.11. The fourth-order valence-corrected chi connectivity index (χ4v) is 1.30. The van der Waals surface area contributed by atoms with Gasteiger partial charge < -0.3 is 10.2 Å². The Morgan fingerprint density at radius 2 is 2.08 bits per heavy atom. The third kappa shape index (κ3) is 5.83. The smallest absolute Gasteiger partial charge is 0.0248 e. The minimum atomic E-state index is 0.514. The number of allylic oxidation sites excluding steroid dienone is 1. The molecule has 0 heterocycles. The lowest BCUT2D eigenvalue weighted by molar-refractivity contribution is 0.407.